The van der Waals surface area contributed by atoms with Crippen molar-refractivity contribution >= 4 is 27.7 Å². The second kappa shape index (κ2) is 9.29. The zero-order chi connectivity index (χ0) is 20.0. The molecule has 2 rings (SSSR count). The van der Waals surface area contributed by atoms with Gasteiger partial charge in [-0.3, -0.25) is 9.59 Å². The van der Waals surface area contributed by atoms with E-state index in [1.54, 1.807) is 24.3 Å². The molecule has 150 valence electrons. The van der Waals surface area contributed by atoms with Gasteiger partial charge in [0.15, 0.2) is 0 Å². The zero-order valence-electron chi connectivity index (χ0n) is 16.1. The van der Waals surface area contributed by atoms with Crippen LogP contribution in [0.15, 0.2) is 24.3 Å². The van der Waals surface area contributed by atoms with Crippen molar-refractivity contribution in [2.24, 2.45) is 5.92 Å². The molecule has 9 heteroatoms. The smallest absolute Gasteiger partial charge is 0.281 e. The predicted molar refractivity (Wildman–Crippen MR) is 105 cm³/mol. The van der Waals surface area contributed by atoms with Gasteiger partial charge in [-0.15, -0.1) is 0 Å². The Labute approximate surface area is 161 Å². The first kappa shape index (κ1) is 21.3. The molecule has 0 aromatic heterocycles. The molecule has 0 atom stereocenters. The summed E-state index contributed by atoms with van der Waals surface area (Å²) in [5, 5.41) is 5.64. The van der Waals surface area contributed by atoms with E-state index >= 15 is 0 Å². The lowest BCUT2D eigenvalue weighted by Gasteiger charge is -2.32. The number of nitrogens with zero attached hydrogens (tertiary/aromatic N) is 2. The van der Waals surface area contributed by atoms with Crippen molar-refractivity contribution in [1.29, 1.82) is 0 Å². The van der Waals surface area contributed by atoms with Gasteiger partial charge in [0.2, 0.25) is 5.91 Å². The lowest BCUT2D eigenvalue weighted by molar-refractivity contribution is -0.120. The van der Waals surface area contributed by atoms with Crippen LogP contribution in [0.2, 0.25) is 0 Å². The van der Waals surface area contributed by atoms with Crippen molar-refractivity contribution in [1.82, 2.24) is 13.9 Å². The second-order valence-electron chi connectivity index (χ2n) is 6.75. The Morgan fingerprint density at radius 1 is 1.19 bits per heavy atom. The highest BCUT2D eigenvalue weighted by Crippen LogP contribution is 2.23. The summed E-state index contributed by atoms with van der Waals surface area (Å²) in [7, 11) is -0.463. The minimum absolute atomic E-state index is 0.187. The summed E-state index contributed by atoms with van der Waals surface area (Å²) in [6, 6.07) is 6.89. The van der Waals surface area contributed by atoms with Gasteiger partial charge >= 0.3 is 0 Å². The molecule has 0 saturated carbocycles. The van der Waals surface area contributed by atoms with Gasteiger partial charge in [0.1, 0.15) is 0 Å². The minimum Gasteiger partial charge on any atom is -0.352 e. The maximum atomic E-state index is 12.6. The van der Waals surface area contributed by atoms with E-state index in [1.165, 1.54) is 22.7 Å². The average Bonchev–Trinajstić information content (AvgIpc) is 2.66. The van der Waals surface area contributed by atoms with Crippen LogP contribution in [0.3, 0.4) is 0 Å². The third-order valence-electron chi connectivity index (χ3n) is 4.58. The van der Waals surface area contributed by atoms with Gasteiger partial charge in [-0.05, 0) is 31.4 Å². The summed E-state index contributed by atoms with van der Waals surface area (Å²) in [5.41, 5.74) is 0.895. The van der Waals surface area contributed by atoms with Gasteiger partial charge in [-0.1, -0.05) is 19.1 Å². The Kier molecular flexibility index (Phi) is 7.34. The normalized spacial score (nSPS) is 16.3. The largest absolute Gasteiger partial charge is 0.352 e. The molecule has 1 aliphatic rings. The van der Waals surface area contributed by atoms with Gasteiger partial charge in [0.05, 0.1) is 11.3 Å². The molecule has 2 amide bonds. The van der Waals surface area contributed by atoms with Crippen molar-refractivity contribution in [3.05, 3.63) is 29.8 Å². The van der Waals surface area contributed by atoms with E-state index in [1.807, 2.05) is 6.92 Å². The third kappa shape index (κ3) is 5.27. The molecule has 0 radical (unpaired) electrons. The van der Waals surface area contributed by atoms with Crippen LogP contribution in [0.5, 0.6) is 0 Å². The fourth-order valence-electron chi connectivity index (χ4n) is 2.94. The van der Waals surface area contributed by atoms with E-state index in [0.717, 1.165) is 6.42 Å². The van der Waals surface area contributed by atoms with E-state index in [4.69, 9.17) is 0 Å². The fourth-order valence-corrected chi connectivity index (χ4v) is 4.07. The third-order valence-corrected chi connectivity index (χ3v) is 6.52. The molecular weight excluding hydrogens is 368 g/mol. The molecular formula is C18H28N4O4S. The summed E-state index contributed by atoms with van der Waals surface area (Å²) in [6.07, 6.45) is 1.72. The number of carbonyl (C=O) groups excluding carboxylic acids is 2. The number of amides is 2. The van der Waals surface area contributed by atoms with Crippen LogP contribution in [-0.2, 0) is 15.0 Å². The monoisotopic (exact) mass is 396 g/mol. The molecule has 1 heterocycles. The predicted octanol–water partition coefficient (Wildman–Crippen LogP) is 1.28. The van der Waals surface area contributed by atoms with Crippen LogP contribution in [0.1, 0.15) is 36.5 Å². The van der Waals surface area contributed by atoms with Crippen molar-refractivity contribution < 1.29 is 18.0 Å². The first-order valence-electron chi connectivity index (χ1n) is 9.13. The quantitative estimate of drug-likeness (QED) is 0.725. The highest BCUT2D eigenvalue weighted by Gasteiger charge is 2.32. The van der Waals surface area contributed by atoms with Crippen molar-refractivity contribution in [2.45, 2.75) is 26.2 Å². The minimum atomic E-state index is -3.45. The average molecular weight is 397 g/mol. The molecule has 0 aliphatic carbocycles. The topological polar surface area (TPSA) is 98.8 Å². The summed E-state index contributed by atoms with van der Waals surface area (Å²) < 4.78 is 26.9. The highest BCUT2D eigenvalue weighted by atomic mass is 32.2. The van der Waals surface area contributed by atoms with E-state index in [9.17, 15) is 18.0 Å². The fraction of sp³-hybridized carbons (Fsp3) is 0.556. The Balaban J connectivity index is 2.00. The van der Waals surface area contributed by atoms with E-state index in [0.29, 0.717) is 43.7 Å². The molecule has 27 heavy (non-hydrogen) atoms. The molecule has 1 aliphatic heterocycles. The van der Waals surface area contributed by atoms with Crippen LogP contribution in [0, 0.1) is 5.92 Å². The molecule has 1 saturated heterocycles. The van der Waals surface area contributed by atoms with Crippen molar-refractivity contribution in [2.75, 3.05) is 39.0 Å². The standard InChI is InChI=1S/C18H28N4O4S/c1-4-11-19-18(24)15-7-5-6-8-16(15)20-17(23)14-9-12-22(13-10-14)27(25,26)21(2)3/h5-8,14H,4,9-13H2,1-3H3,(H,19,24)(H,20,23). The SMILES string of the molecule is CCCNC(=O)c1ccccc1NC(=O)C1CCN(S(=O)(=O)N(C)C)CC1. The van der Waals surface area contributed by atoms with E-state index in [2.05, 4.69) is 10.6 Å². The van der Waals surface area contributed by atoms with Gasteiger partial charge < -0.3 is 10.6 Å². The van der Waals surface area contributed by atoms with Crippen molar-refractivity contribution in [3.8, 4) is 0 Å². The Bertz CT molecular complexity index is 771. The van der Waals surface area contributed by atoms with Crippen LogP contribution in [0.4, 0.5) is 5.69 Å². The Hall–Kier alpha value is -1.97. The molecule has 0 unspecified atom stereocenters. The van der Waals surface area contributed by atoms with Gasteiger partial charge in [-0.2, -0.15) is 17.0 Å². The summed E-state index contributed by atoms with van der Waals surface area (Å²) in [4.78, 5) is 24.9. The van der Waals surface area contributed by atoms with Crippen LogP contribution in [-0.4, -0.2) is 62.6 Å². The first-order chi connectivity index (χ1) is 12.8. The molecule has 1 aromatic rings. The number of benzene rings is 1. The van der Waals surface area contributed by atoms with Crippen LogP contribution < -0.4 is 10.6 Å². The number of hydrogen-bond donors (Lipinski definition) is 2. The van der Waals surface area contributed by atoms with Crippen LogP contribution in [0.25, 0.3) is 0 Å². The van der Waals surface area contributed by atoms with Gasteiger partial charge in [-0.25, -0.2) is 0 Å². The van der Waals surface area contributed by atoms with E-state index < -0.39 is 10.2 Å². The molecule has 2 N–H and O–H groups in total. The highest BCUT2D eigenvalue weighted by molar-refractivity contribution is 7.86. The Morgan fingerprint density at radius 3 is 2.41 bits per heavy atom. The maximum absolute atomic E-state index is 12.6. The molecule has 1 aromatic carbocycles. The Morgan fingerprint density at radius 2 is 1.81 bits per heavy atom. The lowest BCUT2D eigenvalue weighted by Crippen LogP contribution is -2.46. The number of para-hydroxylation sites is 1. The van der Waals surface area contributed by atoms with Gasteiger partial charge in [0.25, 0.3) is 16.1 Å². The number of carbonyl (C=O) groups is 2. The first-order valence-corrected chi connectivity index (χ1v) is 10.5. The number of anilines is 1. The van der Waals surface area contributed by atoms with E-state index in [-0.39, 0.29) is 17.7 Å². The molecule has 0 spiro atoms. The zero-order valence-corrected chi connectivity index (χ0v) is 16.9. The van der Waals surface area contributed by atoms with Crippen molar-refractivity contribution in [3.63, 3.8) is 0 Å². The second-order valence-corrected chi connectivity index (χ2v) is 8.90. The summed E-state index contributed by atoms with van der Waals surface area (Å²) in [5.74, 6) is -0.697. The van der Waals surface area contributed by atoms with Crippen LogP contribution >= 0.6 is 0 Å². The van der Waals surface area contributed by atoms with Gasteiger partial charge in [0, 0.05) is 39.6 Å². The number of hydrogen-bond acceptors (Lipinski definition) is 4. The molecule has 8 nitrogen and oxygen atoms in total. The molecule has 0 bridgehead atoms. The lowest BCUT2D eigenvalue weighted by atomic mass is 9.97. The maximum Gasteiger partial charge on any atom is 0.281 e. The summed E-state index contributed by atoms with van der Waals surface area (Å²) >= 11 is 0. The summed E-state index contributed by atoms with van der Waals surface area (Å²) in [6.45, 7) is 3.14. The number of piperidine rings is 1. The number of rotatable bonds is 7. The molecule has 1 fully saturated rings. The number of nitrogens with one attached hydrogen (secondary N) is 2.